The molecule has 1 aromatic carbocycles. The molecule has 3 heterocycles. The van der Waals surface area contributed by atoms with Crippen molar-refractivity contribution in [2.24, 2.45) is 5.14 Å². The minimum absolute atomic E-state index is 0.0108. The Morgan fingerprint density at radius 2 is 1.70 bits per heavy atom. The third-order valence-electron chi connectivity index (χ3n) is 6.09. The SMILES string of the molecule is NS(=O)(=O)CCCC(=O)N1CCC(c2nccn2Cc2nccn2Cc2ccccc2)CC1. The molecule has 0 bridgehead atoms. The van der Waals surface area contributed by atoms with E-state index in [0.717, 1.165) is 31.0 Å². The van der Waals surface area contributed by atoms with Crippen LogP contribution in [0.3, 0.4) is 0 Å². The molecule has 9 nitrogen and oxygen atoms in total. The first-order chi connectivity index (χ1) is 15.9. The molecule has 1 aliphatic heterocycles. The Morgan fingerprint density at radius 3 is 2.42 bits per heavy atom. The lowest BCUT2D eigenvalue weighted by Gasteiger charge is -2.32. The lowest BCUT2D eigenvalue weighted by molar-refractivity contribution is -0.132. The average molecular weight is 471 g/mol. The number of carbonyl (C=O) groups is 1. The highest BCUT2D eigenvalue weighted by Crippen LogP contribution is 2.27. The van der Waals surface area contributed by atoms with Crippen molar-refractivity contribution in [3.63, 3.8) is 0 Å². The van der Waals surface area contributed by atoms with Crippen molar-refractivity contribution in [3.05, 3.63) is 72.3 Å². The number of carbonyl (C=O) groups excluding carboxylic acids is 1. The largest absolute Gasteiger partial charge is 0.343 e. The van der Waals surface area contributed by atoms with Gasteiger partial charge in [-0.15, -0.1) is 0 Å². The van der Waals surface area contributed by atoms with E-state index in [2.05, 4.69) is 31.2 Å². The molecule has 1 fully saturated rings. The monoisotopic (exact) mass is 470 g/mol. The van der Waals surface area contributed by atoms with E-state index in [-0.39, 0.29) is 30.4 Å². The molecule has 0 atom stereocenters. The van der Waals surface area contributed by atoms with Crippen molar-refractivity contribution in [1.29, 1.82) is 0 Å². The van der Waals surface area contributed by atoms with E-state index in [1.807, 2.05) is 47.9 Å². The quantitative estimate of drug-likeness (QED) is 0.513. The molecule has 3 aromatic rings. The van der Waals surface area contributed by atoms with E-state index >= 15 is 0 Å². The lowest BCUT2D eigenvalue weighted by atomic mass is 9.95. The van der Waals surface area contributed by atoms with Crippen LogP contribution in [0.15, 0.2) is 55.1 Å². The summed E-state index contributed by atoms with van der Waals surface area (Å²) in [6, 6.07) is 10.3. The molecule has 1 saturated heterocycles. The van der Waals surface area contributed by atoms with Crippen LogP contribution in [0, 0.1) is 0 Å². The van der Waals surface area contributed by atoms with Gasteiger partial charge in [-0.2, -0.15) is 0 Å². The molecular formula is C23H30N6O3S. The van der Waals surface area contributed by atoms with Gasteiger partial charge in [-0.3, -0.25) is 4.79 Å². The zero-order valence-corrected chi connectivity index (χ0v) is 19.4. The number of rotatable bonds is 9. The number of benzene rings is 1. The number of primary sulfonamides is 1. The maximum absolute atomic E-state index is 12.4. The van der Waals surface area contributed by atoms with Crippen molar-refractivity contribution >= 4 is 15.9 Å². The number of piperidine rings is 1. The number of nitrogens with zero attached hydrogens (tertiary/aromatic N) is 5. The van der Waals surface area contributed by atoms with E-state index in [1.54, 1.807) is 0 Å². The van der Waals surface area contributed by atoms with Crippen molar-refractivity contribution < 1.29 is 13.2 Å². The van der Waals surface area contributed by atoms with Crippen LogP contribution in [0.5, 0.6) is 0 Å². The highest BCUT2D eigenvalue weighted by molar-refractivity contribution is 7.89. The molecule has 0 radical (unpaired) electrons. The number of sulfonamides is 1. The number of imidazole rings is 2. The van der Waals surface area contributed by atoms with Gasteiger partial charge in [-0.1, -0.05) is 30.3 Å². The van der Waals surface area contributed by atoms with Crippen LogP contribution < -0.4 is 5.14 Å². The van der Waals surface area contributed by atoms with E-state index in [9.17, 15) is 13.2 Å². The minimum atomic E-state index is -3.52. The van der Waals surface area contributed by atoms with Crippen LogP contribution in [0.25, 0.3) is 0 Å². The summed E-state index contributed by atoms with van der Waals surface area (Å²) in [5.41, 5.74) is 1.23. The first-order valence-electron chi connectivity index (χ1n) is 11.2. The summed E-state index contributed by atoms with van der Waals surface area (Å²) in [5.74, 6) is 2.09. The van der Waals surface area contributed by atoms with Gasteiger partial charge in [0.2, 0.25) is 15.9 Å². The van der Waals surface area contributed by atoms with Crippen molar-refractivity contribution in [2.45, 2.75) is 44.7 Å². The topological polar surface area (TPSA) is 116 Å². The predicted octanol–water partition coefficient (Wildman–Crippen LogP) is 1.95. The zero-order valence-electron chi connectivity index (χ0n) is 18.6. The van der Waals surface area contributed by atoms with Crippen LogP contribution in [-0.2, 0) is 27.9 Å². The van der Waals surface area contributed by atoms with Crippen LogP contribution in [-0.4, -0.2) is 57.2 Å². The molecule has 1 amide bonds. The zero-order chi connectivity index (χ0) is 23.3. The fourth-order valence-corrected chi connectivity index (χ4v) is 4.90. The molecule has 4 rings (SSSR count). The van der Waals surface area contributed by atoms with Crippen molar-refractivity contribution in [2.75, 3.05) is 18.8 Å². The van der Waals surface area contributed by atoms with Crippen molar-refractivity contribution in [1.82, 2.24) is 24.0 Å². The number of hydrogen-bond acceptors (Lipinski definition) is 5. The van der Waals surface area contributed by atoms with Gasteiger partial charge in [-0.05, 0) is 24.8 Å². The molecule has 0 aliphatic carbocycles. The summed E-state index contributed by atoms with van der Waals surface area (Å²) in [6.07, 6.45) is 9.77. The van der Waals surface area contributed by atoms with E-state index in [4.69, 9.17) is 5.14 Å². The van der Waals surface area contributed by atoms with Gasteiger partial charge in [-0.25, -0.2) is 23.5 Å². The maximum Gasteiger partial charge on any atom is 0.222 e. The van der Waals surface area contributed by atoms with Crippen molar-refractivity contribution in [3.8, 4) is 0 Å². The number of aromatic nitrogens is 4. The second-order valence-corrected chi connectivity index (χ2v) is 10.2. The first-order valence-corrected chi connectivity index (χ1v) is 12.9. The molecule has 2 N–H and O–H groups in total. The molecule has 33 heavy (non-hydrogen) atoms. The number of amides is 1. The normalized spacial score (nSPS) is 15.1. The number of nitrogens with two attached hydrogens (primary N) is 1. The molecule has 1 aliphatic rings. The molecule has 0 saturated carbocycles. The third kappa shape index (κ3) is 6.29. The lowest BCUT2D eigenvalue weighted by Crippen LogP contribution is -2.38. The third-order valence-corrected chi connectivity index (χ3v) is 6.95. The second kappa shape index (κ2) is 10.3. The molecule has 10 heteroatoms. The maximum atomic E-state index is 12.4. The Hall–Kier alpha value is -2.98. The van der Waals surface area contributed by atoms with Gasteiger partial charge in [0.15, 0.2) is 0 Å². The minimum Gasteiger partial charge on any atom is -0.343 e. The van der Waals surface area contributed by atoms with Gasteiger partial charge in [0.1, 0.15) is 11.6 Å². The first kappa shape index (κ1) is 23.2. The highest BCUT2D eigenvalue weighted by atomic mass is 32.2. The Labute approximate surface area is 194 Å². The highest BCUT2D eigenvalue weighted by Gasteiger charge is 2.26. The number of hydrogen-bond donors (Lipinski definition) is 1. The summed E-state index contributed by atoms with van der Waals surface area (Å²) < 4.78 is 26.4. The Balaban J connectivity index is 1.34. The molecule has 2 aromatic heterocycles. The van der Waals surface area contributed by atoms with Gasteiger partial charge >= 0.3 is 0 Å². The fourth-order valence-electron chi connectivity index (χ4n) is 4.35. The molecule has 0 unspecified atom stereocenters. The van der Waals surface area contributed by atoms with Gasteiger partial charge < -0.3 is 14.0 Å². The molecule has 0 spiro atoms. The summed E-state index contributed by atoms with van der Waals surface area (Å²) in [5, 5.41) is 5.01. The Bertz CT molecular complexity index is 1160. The summed E-state index contributed by atoms with van der Waals surface area (Å²) in [6.45, 7) is 2.71. The standard InChI is InChI=1S/C23H30N6O3S/c24-33(31,32)16-4-7-22(30)27-12-8-20(9-13-27)23-26-11-15-29(23)18-21-25-10-14-28(21)17-19-5-2-1-3-6-19/h1-3,5-6,10-11,14-15,20H,4,7-9,12-13,16-18H2,(H2,24,31,32). The molecular weight excluding hydrogens is 440 g/mol. The van der Waals surface area contributed by atoms with Crippen LogP contribution in [0.2, 0.25) is 0 Å². The second-order valence-electron chi connectivity index (χ2n) is 8.50. The van der Waals surface area contributed by atoms with E-state index < -0.39 is 10.0 Å². The van der Waals surface area contributed by atoms with E-state index in [0.29, 0.717) is 19.6 Å². The van der Waals surface area contributed by atoms with Crippen LogP contribution in [0.1, 0.15) is 48.8 Å². The van der Waals surface area contributed by atoms with Gasteiger partial charge in [0, 0.05) is 56.8 Å². The average Bonchev–Trinajstić information content (AvgIpc) is 3.43. The van der Waals surface area contributed by atoms with Gasteiger partial charge in [0.05, 0.1) is 12.3 Å². The Kier molecular flexibility index (Phi) is 7.24. The summed E-state index contributed by atoms with van der Waals surface area (Å²) in [4.78, 5) is 23.4. The van der Waals surface area contributed by atoms with Crippen LogP contribution in [0.4, 0.5) is 0 Å². The predicted molar refractivity (Wildman–Crippen MR) is 125 cm³/mol. The number of likely N-dealkylation sites (tertiary alicyclic amines) is 1. The fraction of sp³-hybridized carbons (Fsp3) is 0.435. The van der Waals surface area contributed by atoms with Crippen LogP contribution >= 0.6 is 0 Å². The summed E-state index contributed by atoms with van der Waals surface area (Å²) >= 11 is 0. The van der Waals surface area contributed by atoms with Gasteiger partial charge in [0.25, 0.3) is 0 Å². The van der Waals surface area contributed by atoms with E-state index in [1.165, 1.54) is 5.56 Å². The summed E-state index contributed by atoms with van der Waals surface area (Å²) in [7, 11) is -3.52. The Morgan fingerprint density at radius 1 is 1.00 bits per heavy atom. The smallest absolute Gasteiger partial charge is 0.222 e. The molecule has 176 valence electrons.